The second kappa shape index (κ2) is 3.25. The average Bonchev–Trinajstić information content (AvgIpc) is 2.85. The topological polar surface area (TPSA) is 29.3 Å². The lowest BCUT2D eigenvalue weighted by Gasteiger charge is -2.37. The van der Waals surface area contributed by atoms with Gasteiger partial charge in [-0.1, -0.05) is 0 Å². The van der Waals surface area contributed by atoms with Gasteiger partial charge in [-0.25, -0.2) is 0 Å². The number of piperidine rings is 1. The van der Waals surface area contributed by atoms with E-state index in [-0.39, 0.29) is 5.54 Å². The summed E-state index contributed by atoms with van der Waals surface area (Å²) in [5, 5.41) is 0. The maximum Gasteiger partial charge on any atom is 0.0185 e. The molecule has 0 spiro atoms. The van der Waals surface area contributed by atoms with Gasteiger partial charge in [0.1, 0.15) is 0 Å². The first-order valence-corrected chi connectivity index (χ1v) is 5.65. The van der Waals surface area contributed by atoms with Crippen LogP contribution in [-0.2, 0) is 0 Å². The molecule has 1 heterocycles. The summed E-state index contributed by atoms with van der Waals surface area (Å²) in [5.74, 6) is 0.822. The third-order valence-electron chi connectivity index (χ3n) is 3.90. The zero-order chi connectivity index (χ0) is 9.47. The van der Waals surface area contributed by atoms with Crippen LogP contribution in [0, 0.1) is 5.92 Å². The molecule has 0 radical (unpaired) electrons. The van der Waals surface area contributed by atoms with E-state index in [0.29, 0.717) is 6.04 Å². The Kier molecular flexibility index (Phi) is 2.37. The van der Waals surface area contributed by atoms with E-state index in [9.17, 15) is 0 Å². The molecule has 0 unspecified atom stereocenters. The summed E-state index contributed by atoms with van der Waals surface area (Å²) in [6, 6.07) is 0.717. The number of hydrogen-bond donors (Lipinski definition) is 1. The molecule has 0 aromatic rings. The van der Waals surface area contributed by atoms with E-state index in [0.717, 1.165) is 5.92 Å². The maximum atomic E-state index is 6.22. The number of likely N-dealkylation sites (tertiary alicyclic amines) is 1. The van der Waals surface area contributed by atoms with Crippen molar-refractivity contribution in [3.05, 3.63) is 0 Å². The van der Waals surface area contributed by atoms with Gasteiger partial charge in [-0.2, -0.15) is 0 Å². The van der Waals surface area contributed by atoms with Gasteiger partial charge in [-0.05, 0) is 58.5 Å². The summed E-state index contributed by atoms with van der Waals surface area (Å²) in [6.45, 7) is 7.11. The number of rotatable bonds is 2. The molecule has 1 saturated carbocycles. The van der Waals surface area contributed by atoms with Gasteiger partial charge in [-0.3, -0.25) is 0 Å². The van der Waals surface area contributed by atoms with Gasteiger partial charge in [0, 0.05) is 11.6 Å². The molecule has 0 atom stereocenters. The molecule has 0 amide bonds. The molecular formula is C11H22N2. The van der Waals surface area contributed by atoms with E-state index in [1.165, 1.54) is 38.8 Å². The molecule has 1 saturated heterocycles. The summed E-state index contributed by atoms with van der Waals surface area (Å²) in [4.78, 5) is 2.57. The minimum absolute atomic E-state index is 0.267. The minimum Gasteiger partial charge on any atom is -0.325 e. The largest absolute Gasteiger partial charge is 0.325 e. The van der Waals surface area contributed by atoms with Crippen molar-refractivity contribution in [1.82, 2.24) is 4.90 Å². The highest BCUT2D eigenvalue weighted by Crippen LogP contribution is 2.44. The van der Waals surface area contributed by atoms with Crippen LogP contribution in [0.3, 0.4) is 0 Å². The van der Waals surface area contributed by atoms with E-state index in [4.69, 9.17) is 5.73 Å². The highest BCUT2D eigenvalue weighted by atomic mass is 15.2. The molecule has 1 aliphatic heterocycles. The van der Waals surface area contributed by atoms with Crippen LogP contribution >= 0.6 is 0 Å². The van der Waals surface area contributed by atoms with Gasteiger partial charge in [0.2, 0.25) is 0 Å². The Morgan fingerprint density at radius 3 is 2.15 bits per heavy atom. The highest BCUT2D eigenvalue weighted by molar-refractivity contribution is 5.05. The van der Waals surface area contributed by atoms with E-state index < -0.39 is 0 Å². The van der Waals surface area contributed by atoms with Gasteiger partial charge >= 0.3 is 0 Å². The minimum atomic E-state index is 0.267. The standard InChI is InChI=1S/C11H22N2/c1-9(2)13-7-3-10(4-8-13)11(12)5-6-11/h9-10H,3-8,12H2,1-2H3. The van der Waals surface area contributed by atoms with Crippen LogP contribution in [0.2, 0.25) is 0 Å². The van der Waals surface area contributed by atoms with Crippen LogP contribution in [0.5, 0.6) is 0 Å². The van der Waals surface area contributed by atoms with Crippen molar-refractivity contribution >= 4 is 0 Å². The second-order valence-corrected chi connectivity index (χ2v) is 5.14. The Morgan fingerprint density at radius 2 is 1.77 bits per heavy atom. The van der Waals surface area contributed by atoms with Crippen molar-refractivity contribution in [2.24, 2.45) is 11.7 Å². The average molecular weight is 182 g/mol. The van der Waals surface area contributed by atoms with Crippen molar-refractivity contribution in [1.29, 1.82) is 0 Å². The summed E-state index contributed by atoms with van der Waals surface area (Å²) in [7, 11) is 0. The summed E-state index contributed by atoms with van der Waals surface area (Å²) >= 11 is 0. The maximum absolute atomic E-state index is 6.22. The molecule has 0 bridgehead atoms. The fraction of sp³-hybridized carbons (Fsp3) is 1.00. The molecule has 0 aromatic heterocycles. The van der Waals surface area contributed by atoms with Crippen molar-refractivity contribution in [3.63, 3.8) is 0 Å². The zero-order valence-electron chi connectivity index (χ0n) is 8.92. The summed E-state index contributed by atoms with van der Waals surface area (Å²) in [5.41, 5.74) is 6.49. The molecule has 0 aromatic carbocycles. The van der Waals surface area contributed by atoms with Crippen molar-refractivity contribution < 1.29 is 0 Å². The lowest BCUT2D eigenvalue weighted by Crippen LogP contribution is -2.44. The third kappa shape index (κ3) is 1.89. The Labute approximate surface area is 81.5 Å². The lowest BCUT2D eigenvalue weighted by molar-refractivity contribution is 0.133. The summed E-state index contributed by atoms with van der Waals surface area (Å²) in [6.07, 6.45) is 5.21. The predicted octanol–water partition coefficient (Wildman–Crippen LogP) is 1.60. The first-order valence-electron chi connectivity index (χ1n) is 5.65. The molecule has 76 valence electrons. The molecular weight excluding hydrogens is 160 g/mol. The fourth-order valence-electron chi connectivity index (χ4n) is 2.54. The van der Waals surface area contributed by atoms with E-state index >= 15 is 0 Å². The molecule has 2 heteroatoms. The predicted molar refractivity (Wildman–Crippen MR) is 55.6 cm³/mol. The van der Waals surface area contributed by atoms with Crippen LogP contribution in [0.25, 0.3) is 0 Å². The van der Waals surface area contributed by atoms with Gasteiger partial charge in [0.15, 0.2) is 0 Å². The van der Waals surface area contributed by atoms with Crippen molar-refractivity contribution in [2.75, 3.05) is 13.1 Å². The van der Waals surface area contributed by atoms with Gasteiger partial charge in [0.05, 0.1) is 0 Å². The normalized spacial score (nSPS) is 29.5. The quantitative estimate of drug-likeness (QED) is 0.703. The highest BCUT2D eigenvalue weighted by Gasteiger charge is 2.46. The third-order valence-corrected chi connectivity index (χ3v) is 3.90. The second-order valence-electron chi connectivity index (χ2n) is 5.14. The Bertz CT molecular complexity index is 177. The number of hydrogen-bond acceptors (Lipinski definition) is 2. The van der Waals surface area contributed by atoms with Crippen molar-refractivity contribution in [3.8, 4) is 0 Å². The molecule has 2 aliphatic rings. The van der Waals surface area contributed by atoms with Crippen LogP contribution < -0.4 is 5.73 Å². The van der Waals surface area contributed by atoms with Gasteiger partial charge in [0.25, 0.3) is 0 Å². The first-order chi connectivity index (χ1) is 6.12. The molecule has 2 fully saturated rings. The van der Waals surface area contributed by atoms with Gasteiger partial charge < -0.3 is 10.6 Å². The van der Waals surface area contributed by atoms with Crippen molar-refractivity contribution in [2.45, 2.75) is 51.1 Å². The van der Waals surface area contributed by atoms with Crippen LogP contribution in [0.15, 0.2) is 0 Å². The zero-order valence-corrected chi connectivity index (χ0v) is 8.92. The number of nitrogens with two attached hydrogens (primary N) is 1. The molecule has 2 rings (SSSR count). The molecule has 2 nitrogen and oxygen atoms in total. The number of nitrogens with zero attached hydrogens (tertiary/aromatic N) is 1. The Balaban J connectivity index is 1.82. The smallest absolute Gasteiger partial charge is 0.0185 e. The SMILES string of the molecule is CC(C)N1CCC(C2(N)CC2)CC1. The monoisotopic (exact) mass is 182 g/mol. The van der Waals surface area contributed by atoms with Crippen LogP contribution in [0.1, 0.15) is 39.5 Å². The molecule has 13 heavy (non-hydrogen) atoms. The van der Waals surface area contributed by atoms with Gasteiger partial charge in [-0.15, -0.1) is 0 Å². The Morgan fingerprint density at radius 1 is 1.23 bits per heavy atom. The molecule has 2 N–H and O–H groups in total. The summed E-state index contributed by atoms with van der Waals surface area (Å²) < 4.78 is 0. The first kappa shape index (κ1) is 9.47. The fourth-order valence-corrected chi connectivity index (χ4v) is 2.54. The van der Waals surface area contributed by atoms with Crippen LogP contribution in [0.4, 0.5) is 0 Å². The van der Waals surface area contributed by atoms with E-state index in [1.54, 1.807) is 0 Å². The van der Waals surface area contributed by atoms with E-state index in [1.807, 2.05) is 0 Å². The lowest BCUT2D eigenvalue weighted by atomic mass is 9.87. The Hall–Kier alpha value is -0.0800. The van der Waals surface area contributed by atoms with E-state index in [2.05, 4.69) is 18.7 Å². The molecule has 1 aliphatic carbocycles. The van der Waals surface area contributed by atoms with Crippen LogP contribution in [-0.4, -0.2) is 29.6 Å².